The summed E-state index contributed by atoms with van der Waals surface area (Å²) in [5, 5.41) is 0. The molecule has 2 rings (SSSR count). The van der Waals surface area contributed by atoms with Gasteiger partial charge >= 0.3 is 0 Å². The Bertz CT molecular complexity index is 124. The SMILES string of the molecule is C=C1CCC2CC2C1. The molecule has 8 heavy (non-hydrogen) atoms. The van der Waals surface area contributed by atoms with Gasteiger partial charge in [-0.05, 0) is 37.5 Å². The van der Waals surface area contributed by atoms with Crippen LogP contribution < -0.4 is 0 Å². The van der Waals surface area contributed by atoms with E-state index < -0.39 is 0 Å². The topological polar surface area (TPSA) is 0 Å². The van der Waals surface area contributed by atoms with Crippen LogP contribution in [-0.2, 0) is 0 Å². The van der Waals surface area contributed by atoms with Crippen molar-refractivity contribution in [3.63, 3.8) is 0 Å². The van der Waals surface area contributed by atoms with Gasteiger partial charge in [0.15, 0.2) is 0 Å². The van der Waals surface area contributed by atoms with Gasteiger partial charge in [-0.15, -0.1) is 0 Å². The first-order valence-electron chi connectivity index (χ1n) is 3.53. The Morgan fingerprint density at radius 3 is 2.88 bits per heavy atom. The molecule has 2 unspecified atom stereocenters. The molecule has 0 N–H and O–H groups in total. The fourth-order valence-corrected chi connectivity index (χ4v) is 1.78. The molecular formula is C8H12. The summed E-state index contributed by atoms with van der Waals surface area (Å²) in [7, 11) is 0. The summed E-state index contributed by atoms with van der Waals surface area (Å²) in [5.41, 5.74) is 1.50. The third-order valence-electron chi connectivity index (χ3n) is 2.49. The van der Waals surface area contributed by atoms with Gasteiger partial charge < -0.3 is 0 Å². The van der Waals surface area contributed by atoms with Crippen LogP contribution in [0.3, 0.4) is 0 Å². The lowest BCUT2D eigenvalue weighted by Crippen LogP contribution is -1.94. The fraction of sp³-hybridized carbons (Fsp3) is 0.750. The first-order valence-corrected chi connectivity index (χ1v) is 3.53. The van der Waals surface area contributed by atoms with Crippen molar-refractivity contribution in [2.24, 2.45) is 11.8 Å². The largest absolute Gasteiger partial charge is 0.0999 e. The van der Waals surface area contributed by atoms with Gasteiger partial charge in [0.2, 0.25) is 0 Å². The summed E-state index contributed by atoms with van der Waals surface area (Å²) >= 11 is 0. The second kappa shape index (κ2) is 1.37. The maximum atomic E-state index is 3.99. The van der Waals surface area contributed by atoms with Crippen LogP contribution in [0.15, 0.2) is 12.2 Å². The first kappa shape index (κ1) is 4.60. The van der Waals surface area contributed by atoms with Crippen LogP contribution in [0.25, 0.3) is 0 Å². The molecular weight excluding hydrogens is 96.1 g/mol. The summed E-state index contributed by atoms with van der Waals surface area (Å²) in [6.07, 6.45) is 5.63. The minimum atomic E-state index is 1.08. The summed E-state index contributed by atoms with van der Waals surface area (Å²) in [4.78, 5) is 0. The smallest absolute Gasteiger partial charge is 0.0292 e. The zero-order chi connectivity index (χ0) is 5.56. The van der Waals surface area contributed by atoms with Crippen LogP contribution in [0.5, 0.6) is 0 Å². The predicted octanol–water partition coefficient (Wildman–Crippen LogP) is 2.36. The van der Waals surface area contributed by atoms with Gasteiger partial charge in [0.05, 0.1) is 0 Å². The summed E-state index contributed by atoms with van der Waals surface area (Å²) in [6, 6.07) is 0. The highest BCUT2D eigenvalue weighted by Gasteiger charge is 2.39. The van der Waals surface area contributed by atoms with E-state index in [1.54, 1.807) is 0 Å². The van der Waals surface area contributed by atoms with Crippen LogP contribution in [-0.4, -0.2) is 0 Å². The number of hydrogen-bond acceptors (Lipinski definition) is 0. The van der Waals surface area contributed by atoms with Crippen LogP contribution in [0.1, 0.15) is 25.7 Å². The molecule has 2 atom stereocenters. The number of fused-ring (bicyclic) bond motifs is 1. The van der Waals surface area contributed by atoms with E-state index in [1.165, 1.54) is 31.3 Å². The third kappa shape index (κ3) is 0.594. The molecule has 0 nitrogen and oxygen atoms in total. The summed E-state index contributed by atoms with van der Waals surface area (Å²) in [5.74, 6) is 2.21. The third-order valence-corrected chi connectivity index (χ3v) is 2.49. The van der Waals surface area contributed by atoms with Gasteiger partial charge in [0, 0.05) is 0 Å². The van der Waals surface area contributed by atoms with E-state index in [-0.39, 0.29) is 0 Å². The predicted molar refractivity (Wildman–Crippen MR) is 34.6 cm³/mol. The molecule has 44 valence electrons. The molecule has 0 bridgehead atoms. The Morgan fingerprint density at radius 1 is 1.38 bits per heavy atom. The van der Waals surface area contributed by atoms with Gasteiger partial charge in [-0.1, -0.05) is 12.2 Å². The highest BCUT2D eigenvalue weighted by atomic mass is 14.4. The number of allylic oxidation sites excluding steroid dienone is 1. The lowest BCUT2D eigenvalue weighted by atomic mass is 9.97. The van der Waals surface area contributed by atoms with Crippen LogP contribution in [0, 0.1) is 11.8 Å². The fourth-order valence-electron chi connectivity index (χ4n) is 1.78. The quantitative estimate of drug-likeness (QED) is 0.418. The van der Waals surface area contributed by atoms with E-state index in [1.807, 2.05) is 0 Å². The van der Waals surface area contributed by atoms with Crippen LogP contribution in [0.2, 0.25) is 0 Å². The van der Waals surface area contributed by atoms with Gasteiger partial charge in [-0.25, -0.2) is 0 Å². The van der Waals surface area contributed by atoms with Gasteiger partial charge in [-0.3, -0.25) is 0 Å². The monoisotopic (exact) mass is 108 g/mol. The van der Waals surface area contributed by atoms with E-state index >= 15 is 0 Å². The lowest BCUT2D eigenvalue weighted by molar-refractivity contribution is 0.570. The van der Waals surface area contributed by atoms with Gasteiger partial charge in [0.25, 0.3) is 0 Å². The van der Waals surface area contributed by atoms with Crippen molar-refractivity contribution >= 4 is 0 Å². The van der Waals surface area contributed by atoms with Gasteiger partial charge in [-0.2, -0.15) is 0 Å². The van der Waals surface area contributed by atoms with Crippen molar-refractivity contribution in [1.29, 1.82) is 0 Å². The van der Waals surface area contributed by atoms with E-state index in [4.69, 9.17) is 0 Å². The Balaban J connectivity index is 2.02. The first-order chi connectivity index (χ1) is 3.86. The lowest BCUT2D eigenvalue weighted by Gasteiger charge is -2.09. The zero-order valence-electron chi connectivity index (χ0n) is 5.19. The van der Waals surface area contributed by atoms with Crippen LogP contribution in [0.4, 0.5) is 0 Å². The van der Waals surface area contributed by atoms with Crippen molar-refractivity contribution in [2.75, 3.05) is 0 Å². The molecule has 0 spiro atoms. The van der Waals surface area contributed by atoms with Crippen molar-refractivity contribution in [1.82, 2.24) is 0 Å². The molecule has 2 aliphatic rings. The number of hydrogen-bond donors (Lipinski definition) is 0. The average Bonchev–Trinajstić information content (AvgIpc) is 2.43. The maximum Gasteiger partial charge on any atom is -0.0292 e. The average molecular weight is 108 g/mol. The molecule has 0 aromatic rings. The molecule has 2 saturated carbocycles. The van der Waals surface area contributed by atoms with Crippen molar-refractivity contribution in [3.8, 4) is 0 Å². The van der Waals surface area contributed by atoms with E-state index in [9.17, 15) is 0 Å². The molecule has 0 amide bonds. The minimum absolute atomic E-state index is 1.08. The normalized spacial score (nSPS) is 43.8. The molecule has 0 aromatic heterocycles. The maximum absolute atomic E-state index is 3.99. The Kier molecular flexibility index (Phi) is 0.787. The van der Waals surface area contributed by atoms with Crippen LogP contribution >= 0.6 is 0 Å². The second-order valence-corrected chi connectivity index (χ2v) is 3.25. The molecule has 2 aliphatic carbocycles. The van der Waals surface area contributed by atoms with Crippen molar-refractivity contribution in [2.45, 2.75) is 25.7 Å². The highest BCUT2D eigenvalue weighted by Crippen LogP contribution is 2.50. The number of rotatable bonds is 0. The zero-order valence-corrected chi connectivity index (χ0v) is 5.19. The Morgan fingerprint density at radius 2 is 2.25 bits per heavy atom. The Hall–Kier alpha value is -0.260. The van der Waals surface area contributed by atoms with Crippen molar-refractivity contribution in [3.05, 3.63) is 12.2 Å². The standard InChI is InChI=1S/C8H12/c1-6-2-3-7-5-8(7)4-6/h7-8H,1-5H2. The molecule has 2 fully saturated rings. The molecule has 0 aromatic carbocycles. The summed E-state index contributed by atoms with van der Waals surface area (Å²) < 4.78 is 0. The minimum Gasteiger partial charge on any atom is -0.0999 e. The molecule has 0 saturated heterocycles. The van der Waals surface area contributed by atoms with E-state index in [0.29, 0.717) is 0 Å². The van der Waals surface area contributed by atoms with Gasteiger partial charge in [0.1, 0.15) is 0 Å². The highest BCUT2D eigenvalue weighted by molar-refractivity contribution is 5.07. The molecule has 0 radical (unpaired) electrons. The molecule has 0 heteroatoms. The Labute approximate surface area is 50.6 Å². The van der Waals surface area contributed by atoms with E-state index in [0.717, 1.165) is 11.8 Å². The molecule has 0 heterocycles. The van der Waals surface area contributed by atoms with Crippen molar-refractivity contribution < 1.29 is 0 Å². The second-order valence-electron chi connectivity index (χ2n) is 3.25. The van der Waals surface area contributed by atoms with E-state index in [2.05, 4.69) is 6.58 Å². The summed E-state index contributed by atoms with van der Waals surface area (Å²) in [6.45, 7) is 3.99. The molecule has 0 aliphatic heterocycles.